The number of hydrogen-bond acceptors (Lipinski definition) is 5. The van der Waals surface area contributed by atoms with Crippen molar-refractivity contribution in [2.75, 3.05) is 33.9 Å². The molecule has 0 bridgehead atoms. The highest BCUT2D eigenvalue weighted by Crippen LogP contribution is 2.38. The summed E-state index contributed by atoms with van der Waals surface area (Å²) in [6.07, 6.45) is 6.21. The minimum atomic E-state index is -0.0106. The first-order chi connectivity index (χ1) is 12.1. The molecular weight excluding hydrogens is 320 g/mol. The van der Waals surface area contributed by atoms with Gasteiger partial charge in [-0.1, -0.05) is 19.3 Å². The third-order valence-electron chi connectivity index (χ3n) is 4.90. The molecule has 1 fully saturated rings. The fourth-order valence-electron chi connectivity index (χ4n) is 3.38. The molecule has 0 atom stereocenters. The molecule has 0 radical (unpaired) electrons. The van der Waals surface area contributed by atoms with Crippen molar-refractivity contribution in [3.8, 4) is 17.2 Å². The van der Waals surface area contributed by atoms with E-state index in [4.69, 9.17) is 19.9 Å². The van der Waals surface area contributed by atoms with Gasteiger partial charge in [-0.3, -0.25) is 4.79 Å². The first-order valence-corrected chi connectivity index (χ1v) is 8.93. The maximum absolute atomic E-state index is 12.2. The van der Waals surface area contributed by atoms with Crippen molar-refractivity contribution in [2.24, 2.45) is 11.1 Å². The normalized spacial score (nSPS) is 16.1. The van der Waals surface area contributed by atoms with Gasteiger partial charge in [-0.15, -0.1) is 0 Å². The average Bonchev–Trinajstić information content (AvgIpc) is 2.65. The maximum atomic E-state index is 12.2. The first-order valence-electron chi connectivity index (χ1n) is 8.93. The maximum Gasteiger partial charge on any atom is 0.220 e. The predicted octanol–water partition coefficient (Wildman–Crippen LogP) is 2.50. The lowest BCUT2D eigenvalue weighted by atomic mass is 9.72. The van der Waals surface area contributed by atoms with E-state index in [1.807, 2.05) is 0 Å². The lowest BCUT2D eigenvalue weighted by molar-refractivity contribution is -0.124. The highest BCUT2D eigenvalue weighted by atomic mass is 16.5. The quantitative estimate of drug-likeness (QED) is 0.669. The third kappa shape index (κ3) is 5.81. The number of methoxy groups -OCH3 is 2. The molecular formula is C19H30N2O4. The van der Waals surface area contributed by atoms with Crippen LogP contribution in [-0.4, -0.2) is 39.8 Å². The summed E-state index contributed by atoms with van der Waals surface area (Å²) in [7, 11) is 3.19. The highest BCUT2D eigenvalue weighted by Gasteiger charge is 2.32. The molecule has 140 valence electrons. The van der Waals surface area contributed by atoms with Crippen LogP contribution in [0.3, 0.4) is 0 Å². The number of amides is 1. The number of benzene rings is 1. The molecule has 1 amide bonds. The van der Waals surface area contributed by atoms with Crippen molar-refractivity contribution in [1.82, 2.24) is 5.32 Å². The highest BCUT2D eigenvalue weighted by molar-refractivity contribution is 5.76. The van der Waals surface area contributed by atoms with E-state index in [0.29, 0.717) is 43.4 Å². The molecule has 1 saturated carbocycles. The van der Waals surface area contributed by atoms with Gasteiger partial charge in [-0.2, -0.15) is 0 Å². The molecule has 3 N–H and O–H groups in total. The largest absolute Gasteiger partial charge is 0.496 e. The van der Waals surface area contributed by atoms with E-state index in [2.05, 4.69) is 5.32 Å². The average molecular weight is 350 g/mol. The van der Waals surface area contributed by atoms with Gasteiger partial charge >= 0.3 is 0 Å². The number of carbonyl (C=O) groups is 1. The first kappa shape index (κ1) is 19.4. The van der Waals surface area contributed by atoms with E-state index in [0.717, 1.165) is 12.8 Å². The van der Waals surface area contributed by atoms with Crippen LogP contribution in [0.4, 0.5) is 0 Å². The Morgan fingerprint density at radius 3 is 2.24 bits per heavy atom. The molecule has 6 heteroatoms. The van der Waals surface area contributed by atoms with Crippen LogP contribution in [-0.2, 0) is 4.79 Å². The van der Waals surface area contributed by atoms with E-state index in [1.165, 1.54) is 19.3 Å². The van der Waals surface area contributed by atoms with E-state index >= 15 is 0 Å². The molecule has 25 heavy (non-hydrogen) atoms. The van der Waals surface area contributed by atoms with Crippen LogP contribution in [0.2, 0.25) is 0 Å². The van der Waals surface area contributed by atoms with Crippen LogP contribution in [0, 0.1) is 5.41 Å². The molecule has 0 saturated heterocycles. The minimum absolute atomic E-state index is 0.0106. The summed E-state index contributed by atoms with van der Waals surface area (Å²) < 4.78 is 16.1. The van der Waals surface area contributed by atoms with Crippen molar-refractivity contribution < 1.29 is 19.0 Å². The minimum Gasteiger partial charge on any atom is -0.496 e. The lowest BCUT2D eigenvalue weighted by Crippen LogP contribution is -2.39. The molecule has 0 unspecified atom stereocenters. The zero-order chi connectivity index (χ0) is 18.1. The van der Waals surface area contributed by atoms with E-state index in [9.17, 15) is 4.79 Å². The fourth-order valence-corrected chi connectivity index (χ4v) is 3.38. The van der Waals surface area contributed by atoms with E-state index in [-0.39, 0.29) is 11.3 Å². The molecule has 6 nitrogen and oxygen atoms in total. The van der Waals surface area contributed by atoms with Gasteiger partial charge in [-0.25, -0.2) is 0 Å². The number of rotatable bonds is 9. The Balaban J connectivity index is 1.76. The van der Waals surface area contributed by atoms with Gasteiger partial charge in [0, 0.05) is 24.6 Å². The fraction of sp³-hybridized carbons (Fsp3) is 0.632. The summed E-state index contributed by atoms with van der Waals surface area (Å²) in [6.45, 7) is 1.43. The zero-order valence-corrected chi connectivity index (χ0v) is 15.3. The van der Waals surface area contributed by atoms with Gasteiger partial charge in [0.2, 0.25) is 5.91 Å². The van der Waals surface area contributed by atoms with E-state index in [1.54, 1.807) is 32.4 Å². The van der Waals surface area contributed by atoms with Crippen molar-refractivity contribution >= 4 is 5.91 Å². The van der Waals surface area contributed by atoms with Gasteiger partial charge in [0.25, 0.3) is 0 Å². The molecule has 0 aromatic heterocycles. The summed E-state index contributed by atoms with van der Waals surface area (Å²) in [5.41, 5.74) is 5.93. The molecule has 1 aliphatic rings. The predicted molar refractivity (Wildman–Crippen MR) is 97.2 cm³/mol. The lowest BCUT2D eigenvalue weighted by Gasteiger charge is -2.35. The number of nitrogens with one attached hydrogen (secondary N) is 1. The molecule has 1 aliphatic carbocycles. The Bertz CT molecular complexity index is 534. The molecule has 1 aromatic rings. The Morgan fingerprint density at radius 1 is 1.08 bits per heavy atom. The smallest absolute Gasteiger partial charge is 0.220 e. The summed E-state index contributed by atoms with van der Waals surface area (Å²) in [4.78, 5) is 12.2. The topological polar surface area (TPSA) is 82.8 Å². The second-order valence-electron chi connectivity index (χ2n) is 6.69. The summed E-state index contributed by atoms with van der Waals surface area (Å²) in [5, 5.41) is 2.93. The van der Waals surface area contributed by atoms with Gasteiger partial charge in [0.15, 0.2) is 0 Å². The Kier molecular flexibility index (Phi) is 7.37. The van der Waals surface area contributed by atoms with Crippen molar-refractivity contribution in [3.63, 3.8) is 0 Å². The number of carbonyl (C=O) groups excluding carboxylic acids is 1. The number of ether oxygens (including phenoxy) is 3. The summed E-state index contributed by atoms with van der Waals surface area (Å²) in [6, 6.07) is 5.36. The summed E-state index contributed by atoms with van der Waals surface area (Å²) in [5.74, 6) is 2.04. The van der Waals surface area contributed by atoms with Crippen LogP contribution < -0.4 is 25.3 Å². The van der Waals surface area contributed by atoms with Crippen LogP contribution in [0.5, 0.6) is 17.2 Å². The van der Waals surface area contributed by atoms with Gasteiger partial charge in [0.05, 0.1) is 20.8 Å². The van der Waals surface area contributed by atoms with Crippen LogP contribution >= 0.6 is 0 Å². The Labute approximate surface area is 150 Å². The number of nitrogens with two attached hydrogens (primary N) is 1. The molecule has 2 rings (SSSR count). The van der Waals surface area contributed by atoms with Gasteiger partial charge in [0.1, 0.15) is 23.9 Å². The zero-order valence-electron chi connectivity index (χ0n) is 15.3. The Hall–Kier alpha value is -1.95. The van der Waals surface area contributed by atoms with Crippen molar-refractivity contribution in [3.05, 3.63) is 18.2 Å². The standard InChI is InChI=1S/C19H30N2O4/c1-23-15-10-16(24-2)12-17(11-15)25-9-8-21-18(22)13-19(14-20)6-4-3-5-7-19/h10-12H,3-9,13-14,20H2,1-2H3,(H,21,22). The van der Waals surface area contributed by atoms with Gasteiger partial charge < -0.3 is 25.3 Å². The molecule has 0 aliphatic heterocycles. The molecule has 1 aromatic carbocycles. The molecule has 0 heterocycles. The van der Waals surface area contributed by atoms with Crippen LogP contribution in [0.25, 0.3) is 0 Å². The monoisotopic (exact) mass is 350 g/mol. The van der Waals surface area contributed by atoms with Gasteiger partial charge in [-0.05, 0) is 24.8 Å². The summed E-state index contributed by atoms with van der Waals surface area (Å²) >= 11 is 0. The van der Waals surface area contributed by atoms with Crippen LogP contribution in [0.15, 0.2) is 18.2 Å². The van der Waals surface area contributed by atoms with E-state index < -0.39 is 0 Å². The number of hydrogen-bond donors (Lipinski definition) is 2. The second kappa shape index (κ2) is 9.51. The second-order valence-corrected chi connectivity index (χ2v) is 6.69. The molecule has 0 spiro atoms. The third-order valence-corrected chi connectivity index (χ3v) is 4.90. The van der Waals surface area contributed by atoms with Crippen LogP contribution in [0.1, 0.15) is 38.5 Å². The Morgan fingerprint density at radius 2 is 1.68 bits per heavy atom. The van der Waals surface area contributed by atoms with Crippen molar-refractivity contribution in [2.45, 2.75) is 38.5 Å². The SMILES string of the molecule is COc1cc(OC)cc(OCCNC(=O)CC2(CN)CCCCC2)c1. The van der Waals surface area contributed by atoms with Crippen molar-refractivity contribution in [1.29, 1.82) is 0 Å².